The van der Waals surface area contributed by atoms with Crippen LogP contribution in [-0.4, -0.2) is 219 Å². The summed E-state index contributed by atoms with van der Waals surface area (Å²) in [7, 11) is -0.445. The number of imidazole rings is 3. The van der Waals surface area contributed by atoms with Crippen LogP contribution in [0.1, 0.15) is 157 Å². The van der Waals surface area contributed by atoms with E-state index in [1.165, 1.54) is 32.9 Å². The predicted octanol–water partition coefficient (Wildman–Crippen LogP) is 17.5. The summed E-state index contributed by atoms with van der Waals surface area (Å²) in [6.45, 7) is 30.8. The van der Waals surface area contributed by atoms with Gasteiger partial charge in [-0.15, -0.1) is 15.3 Å². The number of aromatic amines is 3. The summed E-state index contributed by atoms with van der Waals surface area (Å²) in [5, 5.41) is 22.8. The highest BCUT2D eigenvalue weighted by atomic mass is 127. The van der Waals surface area contributed by atoms with Gasteiger partial charge >= 0.3 is 43.7 Å². The van der Waals surface area contributed by atoms with Crippen LogP contribution < -0.4 is 20.2 Å². The van der Waals surface area contributed by atoms with Gasteiger partial charge in [-0.1, -0.05) is 88.4 Å². The first kappa shape index (κ1) is 95.5. The molecule has 0 saturated carbocycles. The second kappa shape index (κ2) is 39.7. The Balaban J connectivity index is 0.000000136. The van der Waals surface area contributed by atoms with Crippen molar-refractivity contribution in [3.8, 4) is 56.0 Å². The van der Waals surface area contributed by atoms with Crippen molar-refractivity contribution in [1.29, 1.82) is 0 Å². The molecule has 0 bridgehead atoms. The Morgan fingerprint density at radius 3 is 1.07 bits per heavy atom. The van der Waals surface area contributed by atoms with Crippen LogP contribution >= 0.6 is 22.6 Å². The fraction of sp³-hybridized carbons (Fsp3) is 0.396. The number of carbonyl (C=O) groups excluding carboxylic acids is 6. The van der Waals surface area contributed by atoms with Crippen LogP contribution in [0.2, 0.25) is 0 Å². The van der Waals surface area contributed by atoms with E-state index in [0.717, 1.165) is 83.6 Å². The van der Waals surface area contributed by atoms with E-state index in [2.05, 4.69) is 67.8 Å². The SMILES string of the molecule is CC(C)(C)OC(=O)N1CCC[C@H]1c1ncc(-c2ccc(-c3ccc(N4C[C@H](Cn5ccnn5)OC4=O)cc3F)cc2)[nH]1.CC(C)(C)OC(=O)N1CCC[C@H]1c1ncc(-c2ccc(-c3ccc(N4C[C@H](Cn5ccnn5)OC4=O)cc3F)cc2)[nH]1.O=C1O[C@@H](Cn2ccnn2)CN1c1ccc(I)c(F)c1.[CH2+]C1(C)OB(c2ccc(-c3cnc([C@@H]4CCCN4C(=O)OC(C)(C)C)[nH]3)cc2)OC1(C)C. The van der Waals surface area contributed by atoms with Gasteiger partial charge in [0.05, 0.1) is 136 Å². The first-order valence-electron chi connectivity index (χ1n) is 45.0. The standard InChI is InChI=1S/2C30H32FN7O4.C24H33BN3O4.C12H10FIN4O2/c2*1-30(2,3)42-29(40)37-13-4-5-26(37)27-32-16-25(34-27)20-8-6-19(7-9-20)23-11-10-21(15-24(23)31)38-18-22(41-28(38)39)17-36-14-12-33-35-36;1-22(2,3)30-21(29)28-14-8-9-19(28)20-26-15-18(27-20)16-10-12-17(13-11-16)25-31-23(4,5)24(6,7)32-25;13-10-5-8(1-2-11(10)14)18-7-9(20-12(18)19)6-17-4-3-15-16-17/h2*6-12,14-16,22,26H,4-5,13,17-18H2,1-3H3,(H,32,34);10-13,15,19H,4,8-9,14H2,1-3,5-7H3,(H,26,27);1-5,9H,6-7H2/q;;+1;/t2*22-,26-;19-,23?;9-/m0000/s1. The largest absolute Gasteiger partial charge is 0.497 e. The van der Waals surface area contributed by atoms with Gasteiger partial charge in [0.15, 0.2) is 0 Å². The number of amides is 6. The highest BCUT2D eigenvalue weighted by molar-refractivity contribution is 14.1. The summed E-state index contributed by atoms with van der Waals surface area (Å²) in [6, 6.07) is 36.7. The van der Waals surface area contributed by atoms with Gasteiger partial charge < -0.3 is 52.7 Å². The Morgan fingerprint density at radius 2 is 0.772 bits per heavy atom. The van der Waals surface area contributed by atoms with E-state index in [-0.39, 0.29) is 61.4 Å². The molecule has 6 aromatic heterocycles. The number of anilines is 3. The zero-order chi connectivity index (χ0) is 96.3. The number of rotatable bonds is 18. The van der Waals surface area contributed by atoms with Crippen LogP contribution in [0.5, 0.6) is 0 Å². The Labute approximate surface area is 797 Å². The van der Waals surface area contributed by atoms with Crippen molar-refractivity contribution in [3.05, 3.63) is 229 Å². The van der Waals surface area contributed by atoms with Gasteiger partial charge in [0, 0.05) is 59.8 Å². The first-order chi connectivity index (χ1) is 64.8. The molecule has 0 spiro atoms. The number of nitrogens with zero attached hydrogens (tertiary/aromatic N) is 18. The summed E-state index contributed by atoms with van der Waals surface area (Å²) in [5.74, 6) is 0.964. The second-order valence-corrected chi connectivity index (χ2v) is 38.9. The van der Waals surface area contributed by atoms with Crippen molar-refractivity contribution >= 4 is 88.8 Å². The topological polar surface area (TPSA) is 374 Å². The van der Waals surface area contributed by atoms with Crippen LogP contribution in [0, 0.1) is 27.9 Å². The molecule has 3 N–H and O–H groups in total. The van der Waals surface area contributed by atoms with E-state index in [1.807, 2.05) is 185 Å². The summed E-state index contributed by atoms with van der Waals surface area (Å²) in [4.78, 5) is 108. The lowest BCUT2D eigenvalue weighted by Crippen LogP contribution is -2.42. The van der Waals surface area contributed by atoms with Crippen molar-refractivity contribution in [3.63, 3.8) is 0 Å². The number of nitrogens with one attached hydrogen (secondary N) is 3. The Morgan fingerprint density at radius 1 is 0.456 bits per heavy atom. The molecule has 7 aliphatic heterocycles. The summed E-state index contributed by atoms with van der Waals surface area (Å²) in [6.07, 6.45) is 16.6. The van der Waals surface area contributed by atoms with Crippen LogP contribution in [0.3, 0.4) is 0 Å². The Kier molecular flexibility index (Phi) is 27.9. The fourth-order valence-electron chi connectivity index (χ4n) is 16.7. The number of ether oxygens (including phenoxy) is 6. The van der Waals surface area contributed by atoms with Crippen LogP contribution in [0.4, 0.5) is 59.0 Å². The van der Waals surface area contributed by atoms with Gasteiger partial charge in [0.2, 0.25) is 5.60 Å². The zero-order valence-corrected chi connectivity index (χ0v) is 79.6. The molecule has 7 saturated heterocycles. The highest BCUT2D eigenvalue weighted by Gasteiger charge is 2.57. The number of halogens is 4. The number of carbonyl (C=O) groups is 6. The van der Waals surface area contributed by atoms with E-state index in [9.17, 15) is 33.2 Å². The van der Waals surface area contributed by atoms with Crippen molar-refractivity contribution in [2.24, 2.45) is 0 Å². The molecule has 19 rings (SSSR count). The lowest BCUT2D eigenvalue weighted by atomic mass is 9.79. The average molecular weight is 1970 g/mol. The van der Waals surface area contributed by atoms with E-state index in [0.29, 0.717) is 100 Å². The first-order valence-corrected chi connectivity index (χ1v) is 46.0. The van der Waals surface area contributed by atoms with Gasteiger partial charge in [0.25, 0.3) is 0 Å². The van der Waals surface area contributed by atoms with Crippen LogP contribution in [-0.2, 0) is 57.4 Å². The van der Waals surface area contributed by atoms with E-state index in [1.54, 1.807) is 115 Å². The minimum atomic E-state index is -0.615. The van der Waals surface area contributed by atoms with Gasteiger partial charge in [-0.2, -0.15) is 0 Å². The quantitative estimate of drug-likeness (QED) is 0.0311. The third-order valence-corrected chi connectivity index (χ3v) is 24.8. The number of likely N-dealkylation sites (tertiary alicyclic amines) is 3. The lowest BCUT2D eigenvalue weighted by molar-refractivity contribution is 0.0208. The molecule has 40 heteroatoms. The third-order valence-electron chi connectivity index (χ3n) is 23.9. The number of benzene rings is 6. The van der Waals surface area contributed by atoms with Gasteiger partial charge in [0.1, 0.15) is 75.6 Å². The van der Waals surface area contributed by atoms with E-state index < -0.39 is 77.2 Å². The minimum absolute atomic E-state index is 0.102. The fourth-order valence-corrected chi connectivity index (χ4v) is 17.0. The molecule has 7 atom stereocenters. The molecule has 6 amide bonds. The smallest absolute Gasteiger partial charge is 0.444 e. The van der Waals surface area contributed by atoms with E-state index in [4.69, 9.17) is 37.7 Å². The number of hydrogen-bond acceptors (Lipinski definition) is 23. The van der Waals surface area contributed by atoms with Crippen LogP contribution in [0.25, 0.3) is 56.0 Å². The lowest BCUT2D eigenvalue weighted by Gasteiger charge is -2.27. The van der Waals surface area contributed by atoms with Gasteiger partial charge in [-0.25, -0.2) is 70.9 Å². The molecule has 0 aliphatic carbocycles. The second-order valence-electron chi connectivity index (χ2n) is 37.8. The number of H-pyrrole nitrogens is 3. The molecular weight excluding hydrogens is 1870 g/mol. The molecule has 136 heavy (non-hydrogen) atoms. The summed E-state index contributed by atoms with van der Waals surface area (Å²) < 4.78 is 94.3. The zero-order valence-electron chi connectivity index (χ0n) is 77.5. The number of cyclic esters (lactones) is 3. The average Bonchev–Trinajstić information content (AvgIpc) is 1.63. The van der Waals surface area contributed by atoms with Crippen molar-refractivity contribution < 1.29 is 79.7 Å². The number of hydrogen-bond donors (Lipinski definition) is 3. The third kappa shape index (κ3) is 22.6. The van der Waals surface area contributed by atoms with Crippen molar-refractivity contribution in [2.75, 3.05) is 54.0 Å². The van der Waals surface area contributed by atoms with Gasteiger partial charge in [-0.05, 0) is 225 Å². The molecular formula is C96H107BF3IN21O14+. The maximum absolute atomic E-state index is 15.3. The number of aromatic nitrogens is 15. The normalized spacial score (nSPS) is 20.4. The molecule has 13 heterocycles. The maximum Gasteiger partial charge on any atom is 0.497 e. The van der Waals surface area contributed by atoms with Gasteiger partial charge in [-0.3, -0.25) is 29.4 Å². The highest BCUT2D eigenvalue weighted by Crippen LogP contribution is 2.41. The summed E-state index contributed by atoms with van der Waals surface area (Å²) in [5.41, 5.74) is 7.05. The molecule has 1 unspecified atom stereocenters. The molecule has 0 radical (unpaired) electrons. The molecule has 6 aromatic carbocycles. The molecule has 35 nitrogen and oxygen atoms in total. The van der Waals surface area contributed by atoms with Crippen molar-refractivity contribution in [2.45, 2.75) is 206 Å². The molecule has 7 fully saturated rings. The minimum Gasteiger partial charge on any atom is -0.444 e. The van der Waals surface area contributed by atoms with Crippen LogP contribution in [0.15, 0.2) is 183 Å². The molecule has 710 valence electrons. The molecule has 12 aromatic rings. The monoisotopic (exact) mass is 1970 g/mol. The van der Waals surface area contributed by atoms with E-state index >= 15 is 8.78 Å². The van der Waals surface area contributed by atoms with Crippen molar-refractivity contribution in [1.82, 2.24) is 89.6 Å². The Hall–Kier alpha value is -13.6. The predicted molar refractivity (Wildman–Crippen MR) is 505 cm³/mol. The molecule has 7 aliphatic rings. The maximum atomic E-state index is 15.3. The summed E-state index contributed by atoms with van der Waals surface area (Å²) >= 11 is 1.90. The Bertz CT molecular complexity index is 5970.